The summed E-state index contributed by atoms with van der Waals surface area (Å²) < 4.78 is 8.32. The molecule has 0 atom stereocenters. The summed E-state index contributed by atoms with van der Waals surface area (Å²) in [5.41, 5.74) is 2.55. The van der Waals surface area contributed by atoms with Gasteiger partial charge in [0.2, 0.25) is 5.88 Å². The summed E-state index contributed by atoms with van der Waals surface area (Å²) in [6.07, 6.45) is 5.37. The molecule has 3 aromatic rings. The summed E-state index contributed by atoms with van der Waals surface area (Å²) >= 11 is 0. The molecular weight excluding hydrogens is 308 g/mol. The summed E-state index contributed by atoms with van der Waals surface area (Å²) in [4.78, 5) is 20.2. The van der Waals surface area contributed by atoms with Gasteiger partial charge in [-0.3, -0.25) is 0 Å². The van der Waals surface area contributed by atoms with Crippen LogP contribution in [0.25, 0.3) is 5.69 Å². The van der Waals surface area contributed by atoms with Crippen molar-refractivity contribution >= 4 is 0 Å². The third-order valence-electron chi connectivity index (χ3n) is 4.07. The Labute approximate surface area is 137 Å². The van der Waals surface area contributed by atoms with Crippen LogP contribution < -0.4 is 10.4 Å². The highest BCUT2D eigenvalue weighted by Gasteiger charge is 2.28. The van der Waals surface area contributed by atoms with Gasteiger partial charge in [-0.05, 0) is 40.8 Å². The Morgan fingerprint density at radius 3 is 2.79 bits per heavy atom. The van der Waals surface area contributed by atoms with Gasteiger partial charge < -0.3 is 4.74 Å². The zero-order valence-corrected chi connectivity index (χ0v) is 13.2. The molecule has 0 amide bonds. The second-order valence-corrected chi connectivity index (χ2v) is 5.75. The number of tetrazole rings is 1. The molecule has 8 heteroatoms. The van der Waals surface area contributed by atoms with E-state index in [2.05, 4.69) is 26.5 Å². The van der Waals surface area contributed by atoms with Gasteiger partial charge in [-0.25, -0.2) is 14.8 Å². The number of aromatic nitrogens is 6. The Morgan fingerprint density at radius 2 is 2.12 bits per heavy atom. The first-order valence-corrected chi connectivity index (χ1v) is 7.74. The minimum absolute atomic E-state index is 0.286. The van der Waals surface area contributed by atoms with Crippen LogP contribution >= 0.6 is 0 Å². The highest BCUT2D eigenvalue weighted by atomic mass is 16.5. The van der Waals surface area contributed by atoms with Crippen molar-refractivity contribution < 1.29 is 4.74 Å². The van der Waals surface area contributed by atoms with Crippen LogP contribution in [0, 0.1) is 0 Å². The summed E-state index contributed by atoms with van der Waals surface area (Å²) in [6, 6.07) is 7.59. The number of aryl methyl sites for hydroxylation is 1. The first kappa shape index (κ1) is 14.6. The van der Waals surface area contributed by atoms with E-state index in [0.29, 0.717) is 24.1 Å². The zero-order chi connectivity index (χ0) is 16.5. The van der Waals surface area contributed by atoms with Crippen molar-refractivity contribution in [2.75, 3.05) is 0 Å². The van der Waals surface area contributed by atoms with E-state index in [1.807, 2.05) is 12.1 Å². The molecule has 0 aliphatic heterocycles. The molecule has 24 heavy (non-hydrogen) atoms. The topological polar surface area (TPSA) is 87.7 Å². The van der Waals surface area contributed by atoms with Gasteiger partial charge >= 0.3 is 5.69 Å². The van der Waals surface area contributed by atoms with Crippen LogP contribution in [0.1, 0.15) is 29.9 Å². The van der Waals surface area contributed by atoms with Gasteiger partial charge in [0, 0.05) is 24.9 Å². The van der Waals surface area contributed by atoms with Crippen molar-refractivity contribution in [1.82, 2.24) is 29.8 Å². The third-order valence-corrected chi connectivity index (χ3v) is 4.07. The summed E-state index contributed by atoms with van der Waals surface area (Å²) in [5.74, 6) is 1.01. The maximum atomic E-state index is 12.2. The molecule has 1 saturated carbocycles. The second kappa shape index (κ2) is 5.88. The Kier molecular flexibility index (Phi) is 3.56. The van der Waals surface area contributed by atoms with Crippen molar-refractivity contribution in [3.05, 3.63) is 58.4 Å². The van der Waals surface area contributed by atoms with E-state index in [9.17, 15) is 4.79 Å². The monoisotopic (exact) mass is 324 g/mol. The van der Waals surface area contributed by atoms with E-state index in [0.717, 1.165) is 18.4 Å². The first-order chi connectivity index (χ1) is 11.7. The number of ether oxygens (including phenoxy) is 1. The molecule has 1 aliphatic rings. The summed E-state index contributed by atoms with van der Waals surface area (Å²) in [7, 11) is 1.58. The lowest BCUT2D eigenvalue weighted by molar-refractivity contribution is 0.291. The molecule has 122 valence electrons. The first-order valence-electron chi connectivity index (χ1n) is 7.74. The summed E-state index contributed by atoms with van der Waals surface area (Å²) in [6.45, 7) is 0.308. The van der Waals surface area contributed by atoms with Gasteiger partial charge in [0.15, 0.2) is 0 Å². The van der Waals surface area contributed by atoms with Crippen molar-refractivity contribution in [2.24, 2.45) is 7.05 Å². The fraction of sp³-hybridized carbons (Fsp3) is 0.312. The van der Waals surface area contributed by atoms with Crippen LogP contribution in [-0.4, -0.2) is 29.8 Å². The Bertz CT molecular complexity index is 914. The van der Waals surface area contributed by atoms with Crippen LogP contribution in [0.15, 0.2) is 41.6 Å². The number of hydrogen-bond donors (Lipinski definition) is 0. The van der Waals surface area contributed by atoms with Gasteiger partial charge in [-0.15, -0.1) is 0 Å². The lowest BCUT2D eigenvalue weighted by Gasteiger charge is -2.14. The molecule has 0 N–H and O–H groups in total. The number of benzene rings is 1. The lowest BCUT2D eigenvalue weighted by Crippen LogP contribution is -2.23. The molecule has 0 saturated heterocycles. The molecule has 0 unspecified atom stereocenters. The minimum atomic E-state index is -0.286. The Hall–Kier alpha value is -3.03. The average Bonchev–Trinajstić information content (AvgIpc) is 3.41. The van der Waals surface area contributed by atoms with Crippen LogP contribution in [0.2, 0.25) is 0 Å². The van der Waals surface area contributed by atoms with Gasteiger partial charge in [-0.1, -0.05) is 12.1 Å². The number of nitrogens with zero attached hydrogens (tertiary/aromatic N) is 6. The normalized spacial score (nSPS) is 13.9. The van der Waals surface area contributed by atoms with Crippen molar-refractivity contribution in [3.8, 4) is 11.6 Å². The SMILES string of the molecule is Cn1nnn(-c2cccc(C3CC3)c2COc2ccncn2)c1=O. The Balaban J connectivity index is 1.75. The van der Waals surface area contributed by atoms with E-state index >= 15 is 0 Å². The second-order valence-electron chi connectivity index (χ2n) is 5.75. The van der Waals surface area contributed by atoms with Crippen LogP contribution in [0.4, 0.5) is 0 Å². The third kappa shape index (κ3) is 2.66. The summed E-state index contributed by atoms with van der Waals surface area (Å²) in [5, 5.41) is 7.76. The fourth-order valence-electron chi connectivity index (χ4n) is 2.70. The van der Waals surface area contributed by atoms with Crippen molar-refractivity contribution in [2.45, 2.75) is 25.4 Å². The molecule has 1 aromatic carbocycles. The standard InChI is InChI=1S/C16H16N6O2/c1-21-16(23)22(20-19-21)14-4-2-3-12(11-5-6-11)13(14)9-24-15-7-8-17-10-18-15/h2-4,7-8,10-11H,5-6,9H2,1H3. The minimum Gasteiger partial charge on any atom is -0.473 e. The lowest BCUT2D eigenvalue weighted by atomic mass is 10.0. The maximum absolute atomic E-state index is 12.2. The number of hydrogen-bond acceptors (Lipinski definition) is 6. The molecule has 2 aromatic heterocycles. The van der Waals surface area contributed by atoms with E-state index in [4.69, 9.17) is 4.74 Å². The van der Waals surface area contributed by atoms with Crippen LogP contribution in [0.5, 0.6) is 5.88 Å². The molecule has 1 fully saturated rings. The quantitative estimate of drug-likeness (QED) is 0.701. The zero-order valence-electron chi connectivity index (χ0n) is 13.2. The highest BCUT2D eigenvalue weighted by Crippen LogP contribution is 2.42. The molecule has 8 nitrogen and oxygen atoms in total. The molecular formula is C16H16N6O2. The van der Waals surface area contributed by atoms with Crippen LogP contribution in [-0.2, 0) is 13.7 Å². The van der Waals surface area contributed by atoms with E-state index in [1.54, 1.807) is 19.3 Å². The Morgan fingerprint density at radius 1 is 1.25 bits per heavy atom. The largest absolute Gasteiger partial charge is 0.473 e. The van der Waals surface area contributed by atoms with Crippen LogP contribution in [0.3, 0.4) is 0 Å². The van der Waals surface area contributed by atoms with Gasteiger partial charge in [-0.2, -0.15) is 9.36 Å². The van der Waals surface area contributed by atoms with E-state index in [1.165, 1.54) is 21.3 Å². The predicted octanol–water partition coefficient (Wildman–Crippen LogP) is 1.21. The smallest absolute Gasteiger partial charge is 0.368 e. The molecule has 0 bridgehead atoms. The molecule has 1 aliphatic carbocycles. The fourth-order valence-corrected chi connectivity index (χ4v) is 2.70. The molecule has 4 rings (SSSR count). The van der Waals surface area contributed by atoms with E-state index < -0.39 is 0 Å². The molecule has 2 heterocycles. The van der Waals surface area contributed by atoms with Gasteiger partial charge in [0.25, 0.3) is 0 Å². The average molecular weight is 324 g/mol. The van der Waals surface area contributed by atoms with Gasteiger partial charge in [0.1, 0.15) is 12.9 Å². The maximum Gasteiger partial charge on any atom is 0.368 e. The highest BCUT2D eigenvalue weighted by molar-refractivity contribution is 5.47. The number of rotatable bonds is 5. The van der Waals surface area contributed by atoms with Crippen molar-refractivity contribution in [3.63, 3.8) is 0 Å². The predicted molar refractivity (Wildman–Crippen MR) is 84.9 cm³/mol. The molecule has 0 spiro atoms. The van der Waals surface area contributed by atoms with E-state index in [-0.39, 0.29) is 5.69 Å². The van der Waals surface area contributed by atoms with Crippen molar-refractivity contribution in [1.29, 1.82) is 0 Å². The molecule has 0 radical (unpaired) electrons. The van der Waals surface area contributed by atoms with Gasteiger partial charge in [0.05, 0.1) is 5.69 Å².